The van der Waals surface area contributed by atoms with Gasteiger partial charge in [0.05, 0.1) is 5.56 Å². The number of rotatable bonds is 7. The normalized spacial score (nSPS) is 15.0. The van der Waals surface area contributed by atoms with E-state index in [4.69, 9.17) is 0 Å². The number of hydrogen-bond donors (Lipinski definition) is 2. The first kappa shape index (κ1) is 20.5. The van der Waals surface area contributed by atoms with Crippen LogP contribution in [0.1, 0.15) is 16.8 Å². The summed E-state index contributed by atoms with van der Waals surface area (Å²) in [6, 6.07) is 2.95. The van der Waals surface area contributed by atoms with Gasteiger partial charge in [-0.2, -0.15) is 8.78 Å². The Morgan fingerprint density at radius 1 is 1.33 bits per heavy atom. The summed E-state index contributed by atoms with van der Waals surface area (Å²) in [4.78, 5) is 14.3. The van der Waals surface area contributed by atoms with Crippen LogP contribution < -0.4 is 15.4 Å². The molecule has 1 amide bonds. The number of hydrogen-bond acceptors (Lipinski definition) is 4. The van der Waals surface area contributed by atoms with Crippen LogP contribution >= 0.6 is 12.4 Å². The highest BCUT2D eigenvalue weighted by Gasteiger charge is 2.16. The van der Waals surface area contributed by atoms with Crippen molar-refractivity contribution in [3.05, 3.63) is 29.6 Å². The number of nitrogens with zero attached hydrogens (tertiary/aromatic N) is 1. The molecule has 1 heterocycles. The van der Waals surface area contributed by atoms with Crippen LogP contribution in [0.2, 0.25) is 0 Å². The molecule has 1 saturated heterocycles. The predicted molar refractivity (Wildman–Crippen MR) is 86.5 cm³/mol. The second-order valence-corrected chi connectivity index (χ2v) is 5.22. The van der Waals surface area contributed by atoms with Gasteiger partial charge in [-0.1, -0.05) is 0 Å². The molecule has 24 heavy (non-hydrogen) atoms. The lowest BCUT2D eigenvalue weighted by Crippen LogP contribution is -2.44. The smallest absolute Gasteiger partial charge is 0.387 e. The molecule has 2 N–H and O–H groups in total. The highest BCUT2D eigenvalue weighted by atomic mass is 35.5. The number of carbonyl (C=O) groups is 1. The third kappa shape index (κ3) is 6.54. The van der Waals surface area contributed by atoms with E-state index in [0.29, 0.717) is 6.54 Å². The van der Waals surface area contributed by atoms with E-state index in [0.717, 1.165) is 57.3 Å². The molecule has 0 unspecified atom stereocenters. The van der Waals surface area contributed by atoms with Crippen molar-refractivity contribution in [2.75, 3.05) is 39.3 Å². The van der Waals surface area contributed by atoms with Crippen LogP contribution in [0.4, 0.5) is 13.2 Å². The van der Waals surface area contributed by atoms with Crippen LogP contribution in [0.3, 0.4) is 0 Å². The van der Waals surface area contributed by atoms with E-state index in [-0.39, 0.29) is 18.0 Å². The van der Waals surface area contributed by atoms with Crippen molar-refractivity contribution in [2.24, 2.45) is 0 Å². The summed E-state index contributed by atoms with van der Waals surface area (Å²) < 4.78 is 41.9. The summed E-state index contributed by atoms with van der Waals surface area (Å²) >= 11 is 0. The van der Waals surface area contributed by atoms with Crippen molar-refractivity contribution < 1.29 is 22.7 Å². The summed E-state index contributed by atoms with van der Waals surface area (Å²) in [7, 11) is 0. The Kier molecular flexibility index (Phi) is 8.88. The molecule has 0 spiro atoms. The molecular weight excluding hydrogens is 347 g/mol. The Bertz CT molecular complexity index is 529. The molecule has 0 saturated carbocycles. The van der Waals surface area contributed by atoms with Gasteiger partial charge in [0.2, 0.25) is 0 Å². The number of amides is 1. The molecule has 0 aromatic heterocycles. The molecule has 0 bridgehead atoms. The fourth-order valence-corrected chi connectivity index (χ4v) is 2.41. The van der Waals surface area contributed by atoms with Crippen molar-refractivity contribution in [1.82, 2.24) is 15.5 Å². The van der Waals surface area contributed by atoms with E-state index in [9.17, 15) is 18.0 Å². The van der Waals surface area contributed by atoms with Gasteiger partial charge in [0, 0.05) is 38.8 Å². The Morgan fingerprint density at radius 2 is 2.04 bits per heavy atom. The monoisotopic (exact) mass is 367 g/mol. The topological polar surface area (TPSA) is 53.6 Å². The average Bonchev–Trinajstić information content (AvgIpc) is 2.52. The number of halogens is 4. The number of alkyl halides is 2. The van der Waals surface area contributed by atoms with E-state index >= 15 is 0 Å². The number of ether oxygens (including phenoxy) is 1. The number of piperazine rings is 1. The van der Waals surface area contributed by atoms with E-state index in [2.05, 4.69) is 20.3 Å². The molecule has 0 atom stereocenters. The van der Waals surface area contributed by atoms with Gasteiger partial charge in [-0.25, -0.2) is 4.39 Å². The Labute approximate surface area is 144 Å². The van der Waals surface area contributed by atoms with Crippen molar-refractivity contribution in [2.45, 2.75) is 13.0 Å². The van der Waals surface area contributed by atoms with Crippen molar-refractivity contribution in [1.29, 1.82) is 0 Å². The van der Waals surface area contributed by atoms with Gasteiger partial charge in [0.15, 0.2) is 0 Å². The van der Waals surface area contributed by atoms with Crippen molar-refractivity contribution in [3.8, 4) is 5.75 Å². The lowest BCUT2D eigenvalue weighted by molar-refractivity contribution is -0.0503. The molecule has 1 fully saturated rings. The molecule has 136 valence electrons. The fraction of sp³-hybridized carbons (Fsp3) is 0.533. The minimum atomic E-state index is -3.11. The maximum Gasteiger partial charge on any atom is 0.387 e. The van der Waals surface area contributed by atoms with Gasteiger partial charge in [0.1, 0.15) is 11.6 Å². The average molecular weight is 368 g/mol. The third-order valence-electron chi connectivity index (χ3n) is 3.55. The zero-order valence-corrected chi connectivity index (χ0v) is 13.9. The van der Waals surface area contributed by atoms with E-state index in [1.807, 2.05) is 0 Å². The van der Waals surface area contributed by atoms with E-state index < -0.39 is 24.1 Å². The second kappa shape index (κ2) is 10.4. The molecule has 2 rings (SSSR count). The van der Waals surface area contributed by atoms with Crippen LogP contribution in [0.25, 0.3) is 0 Å². The molecule has 0 radical (unpaired) electrons. The largest absolute Gasteiger partial charge is 0.434 e. The maximum atomic E-state index is 13.1. The number of benzene rings is 1. The summed E-state index contributed by atoms with van der Waals surface area (Å²) in [5.74, 6) is -1.75. The van der Waals surface area contributed by atoms with E-state index in [1.54, 1.807) is 0 Å². The molecule has 1 aromatic carbocycles. The molecule has 1 aliphatic rings. The third-order valence-corrected chi connectivity index (χ3v) is 3.55. The first-order chi connectivity index (χ1) is 11.1. The summed E-state index contributed by atoms with van der Waals surface area (Å²) in [5, 5.41) is 5.90. The Hall–Kier alpha value is -1.51. The lowest BCUT2D eigenvalue weighted by Gasteiger charge is -2.27. The van der Waals surface area contributed by atoms with Crippen molar-refractivity contribution >= 4 is 18.3 Å². The Balaban J connectivity index is 0.00000288. The predicted octanol–water partition coefficient (Wildman–Crippen LogP) is 1.87. The van der Waals surface area contributed by atoms with Gasteiger partial charge in [-0.05, 0) is 25.1 Å². The molecular formula is C15H21ClF3N3O2. The van der Waals surface area contributed by atoms with Gasteiger partial charge in [-0.15, -0.1) is 12.4 Å². The maximum absolute atomic E-state index is 13.1. The van der Waals surface area contributed by atoms with Crippen LogP contribution in [-0.2, 0) is 0 Å². The summed E-state index contributed by atoms with van der Waals surface area (Å²) in [6.45, 7) is 2.00. The zero-order valence-electron chi connectivity index (χ0n) is 13.1. The lowest BCUT2D eigenvalue weighted by atomic mass is 10.2. The van der Waals surface area contributed by atoms with Gasteiger partial charge in [-0.3, -0.25) is 4.79 Å². The second-order valence-electron chi connectivity index (χ2n) is 5.22. The minimum absolute atomic E-state index is 0. The molecule has 1 aromatic rings. The van der Waals surface area contributed by atoms with Gasteiger partial charge < -0.3 is 20.3 Å². The Morgan fingerprint density at radius 3 is 2.71 bits per heavy atom. The van der Waals surface area contributed by atoms with Crippen LogP contribution in [0.5, 0.6) is 5.75 Å². The van der Waals surface area contributed by atoms with Crippen molar-refractivity contribution in [3.63, 3.8) is 0 Å². The molecule has 1 aliphatic heterocycles. The highest BCUT2D eigenvalue weighted by Crippen LogP contribution is 2.22. The van der Waals surface area contributed by atoms with Crippen LogP contribution in [0, 0.1) is 5.82 Å². The van der Waals surface area contributed by atoms with Crippen LogP contribution in [-0.4, -0.2) is 56.7 Å². The number of nitrogens with one attached hydrogen (secondary N) is 2. The number of carbonyl (C=O) groups excluding carboxylic acids is 1. The quantitative estimate of drug-likeness (QED) is 0.722. The molecule has 0 aliphatic carbocycles. The zero-order chi connectivity index (χ0) is 16.7. The van der Waals surface area contributed by atoms with Gasteiger partial charge >= 0.3 is 6.61 Å². The van der Waals surface area contributed by atoms with Gasteiger partial charge in [0.25, 0.3) is 5.91 Å². The molecule has 5 nitrogen and oxygen atoms in total. The van der Waals surface area contributed by atoms with Crippen LogP contribution in [0.15, 0.2) is 18.2 Å². The summed E-state index contributed by atoms with van der Waals surface area (Å²) in [5.41, 5.74) is -0.103. The van der Waals surface area contributed by atoms with E-state index in [1.165, 1.54) is 0 Å². The standard InChI is InChI=1S/C15H20F3N3O2.ClH/c16-11-2-3-12(13(10-11)23-15(17)18)14(22)20-4-1-7-21-8-5-19-6-9-21;/h2-3,10,15,19H,1,4-9H2,(H,20,22);1H. The highest BCUT2D eigenvalue weighted by molar-refractivity contribution is 5.96. The summed E-state index contributed by atoms with van der Waals surface area (Å²) in [6.07, 6.45) is 0.748. The first-order valence-electron chi connectivity index (χ1n) is 7.52. The first-order valence-corrected chi connectivity index (χ1v) is 7.52. The SMILES string of the molecule is Cl.O=C(NCCCN1CCNCC1)c1ccc(F)cc1OC(F)F. The minimum Gasteiger partial charge on any atom is -0.434 e. The fourth-order valence-electron chi connectivity index (χ4n) is 2.41. The molecule has 9 heteroatoms.